The van der Waals surface area contributed by atoms with Crippen molar-refractivity contribution in [2.75, 3.05) is 19.0 Å². The van der Waals surface area contributed by atoms with Gasteiger partial charge in [0.25, 0.3) is 5.91 Å². The van der Waals surface area contributed by atoms with E-state index in [1.165, 1.54) is 23.8 Å². The van der Waals surface area contributed by atoms with Crippen molar-refractivity contribution in [2.45, 2.75) is 12.8 Å². The molecule has 0 spiro atoms. The number of anilines is 1. The molecule has 2 aromatic rings. The molecule has 1 saturated heterocycles. The van der Waals surface area contributed by atoms with Crippen molar-refractivity contribution in [3.05, 3.63) is 68.5 Å². The number of hydrogen-bond acceptors (Lipinski definition) is 6. The lowest BCUT2D eigenvalue weighted by molar-refractivity contribution is -0.122. The number of methoxy groups -OCH3 is 1. The van der Waals surface area contributed by atoms with Crippen LogP contribution < -0.4 is 5.32 Å². The Morgan fingerprint density at radius 3 is 2.59 bits per heavy atom. The third kappa shape index (κ3) is 5.89. The molecule has 0 saturated carbocycles. The maximum Gasteiger partial charge on any atom is 0.337 e. The minimum atomic E-state index is -0.426. The van der Waals surface area contributed by atoms with Gasteiger partial charge in [0.15, 0.2) is 0 Å². The van der Waals surface area contributed by atoms with Crippen LogP contribution in [-0.2, 0) is 14.3 Å². The van der Waals surface area contributed by atoms with Crippen molar-refractivity contribution in [1.82, 2.24) is 4.90 Å². The normalized spacial score (nSPS) is 14.7. The average Bonchev–Trinajstić information content (AvgIpc) is 3.04. The molecule has 1 aliphatic heterocycles. The molecule has 0 bridgehead atoms. The Bertz CT molecular complexity index is 1100. The van der Waals surface area contributed by atoms with Gasteiger partial charge >= 0.3 is 5.97 Å². The summed E-state index contributed by atoms with van der Waals surface area (Å²) in [6.45, 7) is 0.319. The fourth-order valence-electron chi connectivity index (χ4n) is 2.89. The molecule has 2 amide bonds. The number of carbonyl (C=O) groups is 3. The Balaban J connectivity index is 1.55. The van der Waals surface area contributed by atoms with Crippen LogP contribution in [0.4, 0.5) is 5.69 Å². The Hall–Kier alpha value is -2.39. The highest BCUT2D eigenvalue weighted by Gasteiger charge is 2.31. The zero-order chi connectivity index (χ0) is 23.3. The van der Waals surface area contributed by atoms with E-state index in [0.717, 1.165) is 5.56 Å². The summed E-state index contributed by atoms with van der Waals surface area (Å²) in [5.41, 5.74) is 1.63. The minimum Gasteiger partial charge on any atom is -0.465 e. The zero-order valence-electron chi connectivity index (χ0n) is 16.9. The first-order chi connectivity index (χ1) is 15.3. The van der Waals surface area contributed by atoms with Crippen LogP contribution >= 0.6 is 47.2 Å². The summed E-state index contributed by atoms with van der Waals surface area (Å²) in [6.07, 6.45) is 2.33. The van der Waals surface area contributed by atoms with Gasteiger partial charge in [0, 0.05) is 13.0 Å². The van der Waals surface area contributed by atoms with Crippen molar-refractivity contribution in [1.29, 1.82) is 0 Å². The van der Waals surface area contributed by atoms with Gasteiger partial charge in [-0.25, -0.2) is 4.79 Å². The highest BCUT2D eigenvalue weighted by Crippen LogP contribution is 2.33. The van der Waals surface area contributed by atoms with Crippen LogP contribution in [0.5, 0.6) is 0 Å². The first-order valence-corrected chi connectivity index (χ1v) is 11.5. The number of hydrogen-bond donors (Lipinski definition) is 1. The summed E-state index contributed by atoms with van der Waals surface area (Å²) in [7, 11) is 1.32. The second-order valence-electron chi connectivity index (χ2n) is 6.70. The SMILES string of the molecule is COC(=O)c1ccc(C=C2SC(=S)N(CCCC(=O)Nc3cccc(Cl)c3Cl)C2=O)cc1. The van der Waals surface area contributed by atoms with Crippen molar-refractivity contribution in [3.63, 3.8) is 0 Å². The van der Waals surface area contributed by atoms with E-state index in [2.05, 4.69) is 10.1 Å². The standard InChI is InChI=1S/C22H18Cl2N2O4S2/c1-30-21(29)14-9-7-13(8-10-14)12-17-20(28)26(22(31)32-17)11-3-6-18(27)25-16-5-2-4-15(23)19(16)24/h2,4-5,7-10,12H,3,6,11H2,1H3,(H,25,27). The number of nitrogens with one attached hydrogen (secondary N) is 1. The molecule has 2 aromatic carbocycles. The van der Waals surface area contributed by atoms with E-state index in [4.69, 9.17) is 35.4 Å². The van der Waals surface area contributed by atoms with Gasteiger partial charge in [-0.05, 0) is 42.3 Å². The quantitative estimate of drug-likeness (QED) is 0.306. The molecule has 1 fully saturated rings. The van der Waals surface area contributed by atoms with Crippen LogP contribution in [0.2, 0.25) is 10.0 Å². The maximum absolute atomic E-state index is 12.7. The maximum atomic E-state index is 12.7. The highest BCUT2D eigenvalue weighted by molar-refractivity contribution is 8.26. The number of benzene rings is 2. The molecule has 1 heterocycles. The van der Waals surface area contributed by atoms with Crippen molar-refractivity contribution in [3.8, 4) is 0 Å². The number of halogens is 2. The second-order valence-corrected chi connectivity index (χ2v) is 9.16. The summed E-state index contributed by atoms with van der Waals surface area (Å²) in [5, 5.41) is 3.35. The molecule has 3 rings (SSSR count). The second kappa shape index (κ2) is 11.0. The van der Waals surface area contributed by atoms with E-state index < -0.39 is 5.97 Å². The van der Waals surface area contributed by atoms with Gasteiger partial charge in [0.1, 0.15) is 4.32 Å². The van der Waals surface area contributed by atoms with E-state index in [1.54, 1.807) is 48.5 Å². The molecule has 6 nitrogen and oxygen atoms in total. The van der Waals surface area contributed by atoms with Crippen LogP contribution in [0.3, 0.4) is 0 Å². The van der Waals surface area contributed by atoms with E-state index in [-0.39, 0.29) is 23.3 Å². The van der Waals surface area contributed by atoms with Crippen molar-refractivity contribution < 1.29 is 19.1 Å². The largest absolute Gasteiger partial charge is 0.465 e. The van der Waals surface area contributed by atoms with Gasteiger partial charge in [-0.15, -0.1) is 0 Å². The van der Waals surface area contributed by atoms with Gasteiger partial charge in [-0.3, -0.25) is 14.5 Å². The van der Waals surface area contributed by atoms with E-state index in [1.807, 2.05) is 0 Å². The molecule has 0 atom stereocenters. The molecule has 10 heteroatoms. The summed E-state index contributed by atoms with van der Waals surface area (Å²) >= 11 is 18.6. The Labute approximate surface area is 204 Å². The van der Waals surface area contributed by atoms with Gasteiger partial charge in [0.05, 0.1) is 33.3 Å². The summed E-state index contributed by atoms with van der Waals surface area (Å²) in [5.74, 6) is -0.874. The van der Waals surface area contributed by atoms with Crippen LogP contribution in [0.15, 0.2) is 47.4 Å². The van der Waals surface area contributed by atoms with Gasteiger partial charge in [-0.1, -0.05) is 65.4 Å². The monoisotopic (exact) mass is 508 g/mol. The number of ether oxygens (including phenoxy) is 1. The molecule has 0 aromatic heterocycles. The van der Waals surface area contributed by atoms with Crippen LogP contribution in [0.25, 0.3) is 6.08 Å². The molecule has 0 unspecified atom stereocenters. The van der Waals surface area contributed by atoms with Crippen LogP contribution in [-0.4, -0.2) is 40.7 Å². The molecular formula is C22H18Cl2N2O4S2. The van der Waals surface area contributed by atoms with Gasteiger partial charge < -0.3 is 10.1 Å². The molecule has 32 heavy (non-hydrogen) atoms. The predicted molar refractivity (Wildman–Crippen MR) is 132 cm³/mol. The molecule has 0 radical (unpaired) electrons. The van der Waals surface area contributed by atoms with Crippen molar-refractivity contribution >= 4 is 81.0 Å². The number of thioether (sulfide) groups is 1. The third-order valence-electron chi connectivity index (χ3n) is 4.51. The summed E-state index contributed by atoms with van der Waals surface area (Å²) in [4.78, 5) is 38.4. The van der Waals surface area contributed by atoms with Gasteiger partial charge in [-0.2, -0.15) is 0 Å². The molecule has 1 N–H and O–H groups in total. The first kappa shape index (κ1) is 24.3. The molecule has 166 valence electrons. The minimum absolute atomic E-state index is 0.188. The predicted octanol–water partition coefficient (Wildman–Crippen LogP) is 5.40. The Kier molecular flexibility index (Phi) is 8.31. The van der Waals surface area contributed by atoms with Crippen molar-refractivity contribution in [2.24, 2.45) is 0 Å². The third-order valence-corrected chi connectivity index (χ3v) is 6.71. The fraction of sp³-hybridized carbons (Fsp3) is 0.182. The van der Waals surface area contributed by atoms with E-state index in [0.29, 0.717) is 38.5 Å². The number of carbonyl (C=O) groups excluding carboxylic acids is 3. The Morgan fingerprint density at radius 2 is 1.91 bits per heavy atom. The van der Waals surface area contributed by atoms with Crippen LogP contribution in [0.1, 0.15) is 28.8 Å². The summed E-state index contributed by atoms with van der Waals surface area (Å²) in [6, 6.07) is 11.7. The average molecular weight is 509 g/mol. The highest BCUT2D eigenvalue weighted by atomic mass is 35.5. The van der Waals surface area contributed by atoms with E-state index in [9.17, 15) is 14.4 Å². The lowest BCUT2D eigenvalue weighted by atomic mass is 10.1. The smallest absolute Gasteiger partial charge is 0.337 e. The number of rotatable bonds is 7. The van der Waals surface area contributed by atoms with E-state index >= 15 is 0 Å². The fourth-order valence-corrected chi connectivity index (χ4v) is 4.54. The number of esters is 1. The Morgan fingerprint density at radius 1 is 1.19 bits per heavy atom. The summed E-state index contributed by atoms with van der Waals surface area (Å²) < 4.78 is 5.11. The molecule has 1 aliphatic rings. The number of amides is 2. The van der Waals surface area contributed by atoms with Gasteiger partial charge in [0.2, 0.25) is 5.91 Å². The zero-order valence-corrected chi connectivity index (χ0v) is 20.0. The number of nitrogens with zero attached hydrogens (tertiary/aromatic N) is 1. The number of thiocarbonyl (C=S) groups is 1. The molecule has 0 aliphatic carbocycles. The van der Waals surface area contributed by atoms with Crippen LogP contribution in [0, 0.1) is 0 Å². The topological polar surface area (TPSA) is 75.7 Å². The lowest BCUT2D eigenvalue weighted by Crippen LogP contribution is -2.29. The molecular weight excluding hydrogens is 491 g/mol. The first-order valence-electron chi connectivity index (χ1n) is 9.47. The lowest BCUT2D eigenvalue weighted by Gasteiger charge is -2.14.